The van der Waals surface area contributed by atoms with Crippen LogP contribution in [0.15, 0.2) is 29.3 Å². The molecule has 1 aliphatic heterocycles. The molecule has 6 heteroatoms. The molecule has 0 radical (unpaired) electrons. The minimum Gasteiger partial charge on any atom is -0.354 e. The van der Waals surface area contributed by atoms with Crippen molar-refractivity contribution in [3.63, 3.8) is 0 Å². The van der Waals surface area contributed by atoms with E-state index in [4.69, 9.17) is 0 Å². The van der Waals surface area contributed by atoms with Gasteiger partial charge in [-0.15, -0.1) is 24.0 Å². The number of benzene rings is 1. The maximum atomic E-state index is 13.2. The summed E-state index contributed by atoms with van der Waals surface area (Å²) in [7, 11) is 5.98. The van der Waals surface area contributed by atoms with Gasteiger partial charge >= 0.3 is 0 Å². The summed E-state index contributed by atoms with van der Waals surface area (Å²) in [6.07, 6.45) is 5.50. The van der Waals surface area contributed by atoms with Crippen LogP contribution in [-0.4, -0.2) is 56.5 Å². The molecule has 1 aromatic carbocycles. The van der Waals surface area contributed by atoms with Crippen molar-refractivity contribution in [2.24, 2.45) is 16.8 Å². The monoisotopic (exact) mass is 474 g/mol. The first kappa shape index (κ1) is 21.4. The van der Waals surface area contributed by atoms with Crippen LogP contribution < -0.4 is 5.32 Å². The van der Waals surface area contributed by atoms with Crippen LogP contribution in [0.2, 0.25) is 0 Å². The average molecular weight is 474 g/mol. The maximum absolute atomic E-state index is 13.2. The first-order valence-corrected chi connectivity index (χ1v) is 9.46. The Labute approximate surface area is 174 Å². The smallest absolute Gasteiger partial charge is 0.193 e. The van der Waals surface area contributed by atoms with Gasteiger partial charge in [0.15, 0.2) is 5.96 Å². The molecule has 2 aliphatic rings. The van der Waals surface area contributed by atoms with Crippen molar-refractivity contribution in [3.05, 3.63) is 35.6 Å². The fourth-order valence-electron chi connectivity index (χ4n) is 4.38. The number of hydrogen-bond donors (Lipinski definition) is 1. The highest BCUT2D eigenvalue weighted by molar-refractivity contribution is 14.0. The molecule has 26 heavy (non-hydrogen) atoms. The molecular formula is C20H32FIN4. The summed E-state index contributed by atoms with van der Waals surface area (Å²) in [5.41, 5.74) is 1.12. The zero-order chi connectivity index (χ0) is 17.8. The van der Waals surface area contributed by atoms with Crippen molar-refractivity contribution in [1.82, 2.24) is 15.1 Å². The van der Waals surface area contributed by atoms with Crippen LogP contribution >= 0.6 is 24.0 Å². The summed E-state index contributed by atoms with van der Waals surface area (Å²) >= 11 is 0. The highest BCUT2D eigenvalue weighted by atomic mass is 127. The van der Waals surface area contributed by atoms with E-state index in [1.54, 1.807) is 0 Å². The Morgan fingerprint density at radius 2 is 1.77 bits per heavy atom. The zero-order valence-corrected chi connectivity index (χ0v) is 18.4. The number of hydrogen-bond acceptors (Lipinski definition) is 2. The largest absolute Gasteiger partial charge is 0.354 e. The average Bonchev–Trinajstić information content (AvgIpc) is 3.03. The lowest BCUT2D eigenvalue weighted by atomic mass is 9.82. The van der Waals surface area contributed by atoms with E-state index in [1.165, 1.54) is 37.8 Å². The molecule has 3 atom stereocenters. The van der Waals surface area contributed by atoms with Crippen molar-refractivity contribution < 1.29 is 4.39 Å². The molecule has 1 N–H and O–H groups in total. The Balaban J connectivity index is 0.00000243. The van der Waals surface area contributed by atoms with Crippen LogP contribution in [0.4, 0.5) is 4.39 Å². The first-order valence-electron chi connectivity index (χ1n) is 9.46. The van der Waals surface area contributed by atoms with Crippen molar-refractivity contribution in [2.45, 2.75) is 31.7 Å². The molecule has 3 unspecified atom stereocenters. The van der Waals surface area contributed by atoms with Crippen molar-refractivity contribution in [1.29, 1.82) is 0 Å². The molecule has 0 spiro atoms. The lowest BCUT2D eigenvalue weighted by Gasteiger charge is -2.28. The Bertz CT molecular complexity index is 576. The second-order valence-corrected chi connectivity index (χ2v) is 7.67. The number of guanidine groups is 1. The van der Waals surface area contributed by atoms with Crippen LogP contribution in [-0.2, 0) is 0 Å². The third-order valence-corrected chi connectivity index (χ3v) is 5.82. The van der Waals surface area contributed by atoms with E-state index in [0.717, 1.165) is 43.0 Å². The fourth-order valence-corrected chi connectivity index (χ4v) is 4.38. The number of nitrogens with one attached hydrogen (secondary N) is 1. The van der Waals surface area contributed by atoms with Crippen LogP contribution in [0.25, 0.3) is 0 Å². The molecular weight excluding hydrogens is 442 g/mol. The highest BCUT2D eigenvalue weighted by Gasteiger charge is 2.35. The van der Waals surface area contributed by atoms with E-state index < -0.39 is 0 Å². The van der Waals surface area contributed by atoms with E-state index in [9.17, 15) is 4.39 Å². The van der Waals surface area contributed by atoms with Crippen molar-refractivity contribution in [3.8, 4) is 0 Å². The highest BCUT2D eigenvalue weighted by Crippen LogP contribution is 2.36. The van der Waals surface area contributed by atoms with Gasteiger partial charge in [-0.05, 0) is 56.5 Å². The topological polar surface area (TPSA) is 30.9 Å². The van der Waals surface area contributed by atoms with E-state index in [-0.39, 0.29) is 35.8 Å². The summed E-state index contributed by atoms with van der Waals surface area (Å²) in [6, 6.07) is 6.99. The van der Waals surface area contributed by atoms with Crippen molar-refractivity contribution >= 4 is 29.9 Å². The summed E-state index contributed by atoms with van der Waals surface area (Å²) in [5, 5.41) is 3.56. The molecule has 1 heterocycles. The Kier molecular flexibility index (Phi) is 8.13. The predicted octanol–water partition coefficient (Wildman–Crippen LogP) is 3.74. The number of likely N-dealkylation sites (N-methyl/N-ethyl adjacent to an activating group) is 1. The summed E-state index contributed by atoms with van der Waals surface area (Å²) in [6.45, 7) is 3.03. The lowest BCUT2D eigenvalue weighted by Crippen LogP contribution is -2.43. The SMILES string of the molecule is CN=C(NCC(c1ccc(F)cc1)N(C)C)N1CC2CCCCC2C1.I. The molecule has 4 nitrogen and oxygen atoms in total. The number of halogens is 2. The molecule has 3 rings (SSSR count). The molecule has 146 valence electrons. The van der Waals surface area contributed by atoms with Gasteiger partial charge in [-0.1, -0.05) is 25.0 Å². The molecule has 1 aliphatic carbocycles. The standard InChI is InChI=1S/C20H31FN4.HI/c1-22-20(25-13-16-6-4-5-7-17(16)14-25)23-12-19(24(2)3)15-8-10-18(21)11-9-15;/h8-11,16-17,19H,4-7,12-14H2,1-3H3,(H,22,23);1H. The Morgan fingerprint density at radius 3 is 2.27 bits per heavy atom. The molecule has 1 saturated heterocycles. The molecule has 0 amide bonds. The molecule has 1 aromatic rings. The second-order valence-electron chi connectivity index (χ2n) is 7.67. The Hall–Kier alpha value is -0.890. The van der Waals surface area contributed by atoms with Gasteiger partial charge in [0.25, 0.3) is 0 Å². The third kappa shape index (κ3) is 5.09. The van der Waals surface area contributed by atoms with Gasteiger partial charge in [-0.3, -0.25) is 4.99 Å². The van der Waals surface area contributed by atoms with Gasteiger partial charge < -0.3 is 15.1 Å². The maximum Gasteiger partial charge on any atom is 0.193 e. The first-order chi connectivity index (χ1) is 12.1. The van der Waals surface area contributed by atoms with Gasteiger partial charge in [0.1, 0.15) is 5.82 Å². The second kappa shape index (κ2) is 9.88. The number of aliphatic imine (C=N–C) groups is 1. The number of rotatable bonds is 4. The lowest BCUT2D eigenvalue weighted by molar-refractivity contribution is 0.295. The predicted molar refractivity (Wildman–Crippen MR) is 117 cm³/mol. The van der Waals surface area contributed by atoms with Gasteiger partial charge in [0.05, 0.1) is 6.04 Å². The normalized spacial score (nSPS) is 24.2. The summed E-state index contributed by atoms with van der Waals surface area (Å²) in [4.78, 5) is 9.11. The minimum atomic E-state index is -0.190. The van der Waals surface area contributed by atoms with E-state index in [1.807, 2.05) is 19.2 Å². The Morgan fingerprint density at radius 1 is 1.19 bits per heavy atom. The van der Waals surface area contributed by atoms with Crippen LogP contribution in [0, 0.1) is 17.7 Å². The summed E-state index contributed by atoms with van der Waals surface area (Å²) < 4.78 is 13.2. The molecule has 0 bridgehead atoms. The molecule has 2 fully saturated rings. The molecule has 0 aromatic heterocycles. The quantitative estimate of drug-likeness (QED) is 0.410. The van der Waals surface area contributed by atoms with Gasteiger partial charge in [0, 0.05) is 26.7 Å². The van der Waals surface area contributed by atoms with Crippen LogP contribution in [0.1, 0.15) is 37.3 Å². The van der Waals surface area contributed by atoms with E-state index in [0.29, 0.717) is 0 Å². The minimum absolute atomic E-state index is 0. The number of fused-ring (bicyclic) bond motifs is 1. The third-order valence-electron chi connectivity index (χ3n) is 5.82. The number of nitrogens with zero attached hydrogens (tertiary/aromatic N) is 3. The van der Waals surface area contributed by atoms with Crippen LogP contribution in [0.5, 0.6) is 0 Å². The van der Waals surface area contributed by atoms with Gasteiger partial charge in [-0.2, -0.15) is 0 Å². The van der Waals surface area contributed by atoms with Gasteiger partial charge in [-0.25, -0.2) is 4.39 Å². The molecule has 1 saturated carbocycles. The fraction of sp³-hybridized carbons (Fsp3) is 0.650. The summed E-state index contributed by atoms with van der Waals surface area (Å²) in [5.74, 6) is 2.50. The van der Waals surface area contributed by atoms with Crippen LogP contribution in [0.3, 0.4) is 0 Å². The van der Waals surface area contributed by atoms with Crippen molar-refractivity contribution in [2.75, 3.05) is 40.8 Å². The van der Waals surface area contributed by atoms with Gasteiger partial charge in [0.2, 0.25) is 0 Å². The van der Waals surface area contributed by atoms with E-state index in [2.05, 4.69) is 34.2 Å². The zero-order valence-electron chi connectivity index (χ0n) is 16.1. The number of likely N-dealkylation sites (tertiary alicyclic amines) is 1. The van der Waals surface area contributed by atoms with E-state index >= 15 is 0 Å².